The van der Waals surface area contributed by atoms with E-state index in [9.17, 15) is 0 Å². The molecule has 0 aliphatic rings. The van der Waals surface area contributed by atoms with E-state index in [0.717, 1.165) is 21.7 Å². The summed E-state index contributed by atoms with van der Waals surface area (Å²) in [6, 6.07) is 8.13. The predicted octanol–water partition coefficient (Wildman–Crippen LogP) is 3.79. The Hall–Kier alpha value is -1.20. The Morgan fingerprint density at radius 2 is 2.29 bits per heavy atom. The van der Waals surface area contributed by atoms with Crippen LogP contribution in [0, 0.1) is 6.92 Å². The summed E-state index contributed by atoms with van der Waals surface area (Å²) < 4.78 is 0. The molecule has 0 fully saturated rings. The second kappa shape index (κ2) is 5.93. The fourth-order valence-electron chi connectivity index (χ4n) is 1.34. The zero-order chi connectivity index (χ0) is 12.1. The molecule has 5 heteroatoms. The molecule has 17 heavy (non-hydrogen) atoms. The number of thiazole rings is 1. The lowest BCUT2D eigenvalue weighted by Gasteiger charge is -2.00. The Bertz CT molecular complexity index is 522. The number of halogens is 1. The van der Waals surface area contributed by atoms with Crippen molar-refractivity contribution in [1.82, 2.24) is 4.98 Å². The van der Waals surface area contributed by atoms with Gasteiger partial charge in [0, 0.05) is 10.7 Å². The van der Waals surface area contributed by atoms with E-state index in [4.69, 9.17) is 0 Å². The van der Waals surface area contributed by atoms with E-state index in [1.165, 1.54) is 5.56 Å². The number of hydrogen-bond acceptors (Lipinski definition) is 4. The number of alkyl halides is 1. The van der Waals surface area contributed by atoms with Crippen LogP contribution in [0.3, 0.4) is 0 Å². The van der Waals surface area contributed by atoms with E-state index in [1.807, 2.05) is 36.7 Å². The van der Waals surface area contributed by atoms with Gasteiger partial charge in [0.1, 0.15) is 0 Å². The van der Waals surface area contributed by atoms with Crippen LogP contribution < -0.4 is 5.43 Å². The van der Waals surface area contributed by atoms with Gasteiger partial charge in [-0.05, 0) is 18.1 Å². The molecular formula is C12H12BrN3S. The third-order valence-corrected chi connectivity index (χ3v) is 3.65. The molecule has 0 amide bonds. The molecule has 2 rings (SSSR count). The van der Waals surface area contributed by atoms with Crippen LogP contribution in [0.15, 0.2) is 34.7 Å². The molecule has 0 unspecified atom stereocenters. The molecule has 1 heterocycles. The molecule has 0 aliphatic carbocycles. The summed E-state index contributed by atoms with van der Waals surface area (Å²) in [6.07, 6.45) is 1.81. The highest BCUT2D eigenvalue weighted by Gasteiger charge is 1.97. The number of anilines is 1. The van der Waals surface area contributed by atoms with Gasteiger partial charge < -0.3 is 0 Å². The van der Waals surface area contributed by atoms with Crippen LogP contribution in [0.4, 0.5) is 5.13 Å². The first-order chi connectivity index (χ1) is 8.29. The molecule has 1 aromatic carbocycles. The van der Waals surface area contributed by atoms with E-state index in [0.29, 0.717) is 0 Å². The lowest BCUT2D eigenvalue weighted by molar-refractivity contribution is 1.22. The maximum atomic E-state index is 4.27. The molecule has 88 valence electrons. The standard InChI is InChI=1S/C12H12BrN3S/c1-9-8-17-12(15-9)16-14-7-11-5-3-2-4-10(11)6-13/h2-5,7-8H,6H2,1H3,(H,15,16). The minimum atomic E-state index is 0.815. The number of hydrogen-bond donors (Lipinski definition) is 1. The number of nitrogens with one attached hydrogen (secondary N) is 1. The van der Waals surface area contributed by atoms with Crippen molar-refractivity contribution in [3.8, 4) is 0 Å². The Labute approximate surface area is 113 Å². The minimum absolute atomic E-state index is 0.815. The number of nitrogens with zero attached hydrogens (tertiary/aromatic N) is 2. The molecule has 0 saturated heterocycles. The van der Waals surface area contributed by atoms with Crippen LogP contribution in [-0.4, -0.2) is 11.2 Å². The normalized spacial score (nSPS) is 10.9. The van der Waals surface area contributed by atoms with Crippen molar-refractivity contribution in [2.45, 2.75) is 12.3 Å². The van der Waals surface area contributed by atoms with Gasteiger partial charge >= 0.3 is 0 Å². The second-order valence-corrected chi connectivity index (χ2v) is 4.92. The first kappa shape index (κ1) is 12.3. The molecular weight excluding hydrogens is 298 g/mol. The van der Waals surface area contributed by atoms with Crippen molar-refractivity contribution >= 4 is 38.6 Å². The molecule has 0 radical (unpaired) electrons. The fraction of sp³-hybridized carbons (Fsp3) is 0.167. The summed E-state index contributed by atoms with van der Waals surface area (Å²) in [5.41, 5.74) is 6.25. The lowest BCUT2D eigenvalue weighted by Crippen LogP contribution is -1.93. The summed E-state index contributed by atoms with van der Waals surface area (Å²) in [7, 11) is 0. The van der Waals surface area contributed by atoms with Gasteiger partial charge in [0.2, 0.25) is 5.13 Å². The third-order valence-electron chi connectivity index (χ3n) is 2.18. The molecule has 3 nitrogen and oxygen atoms in total. The number of rotatable bonds is 4. The van der Waals surface area contributed by atoms with E-state index in [-0.39, 0.29) is 0 Å². The van der Waals surface area contributed by atoms with Gasteiger partial charge in [-0.25, -0.2) is 4.98 Å². The average molecular weight is 310 g/mol. The van der Waals surface area contributed by atoms with Gasteiger partial charge in [-0.2, -0.15) is 5.10 Å². The third kappa shape index (κ3) is 3.38. The van der Waals surface area contributed by atoms with Crippen LogP contribution in [0.5, 0.6) is 0 Å². The quantitative estimate of drug-likeness (QED) is 0.530. The van der Waals surface area contributed by atoms with Crippen LogP contribution in [0.2, 0.25) is 0 Å². The van der Waals surface area contributed by atoms with Crippen molar-refractivity contribution in [3.05, 3.63) is 46.5 Å². The summed E-state index contributed by atoms with van der Waals surface area (Å²) in [4.78, 5) is 4.27. The zero-order valence-electron chi connectivity index (χ0n) is 9.35. The smallest absolute Gasteiger partial charge is 0.203 e. The van der Waals surface area contributed by atoms with Gasteiger partial charge in [0.05, 0.1) is 11.9 Å². The van der Waals surface area contributed by atoms with Gasteiger partial charge in [-0.15, -0.1) is 11.3 Å². The Balaban J connectivity index is 2.05. The summed E-state index contributed by atoms with van der Waals surface area (Å²) in [6.45, 7) is 1.96. The number of aryl methyl sites for hydroxylation is 1. The van der Waals surface area contributed by atoms with E-state index in [2.05, 4.69) is 37.5 Å². The van der Waals surface area contributed by atoms with Crippen molar-refractivity contribution in [2.75, 3.05) is 5.43 Å². The first-order valence-corrected chi connectivity index (χ1v) is 7.15. The maximum absolute atomic E-state index is 4.27. The number of aromatic nitrogens is 1. The van der Waals surface area contributed by atoms with Crippen molar-refractivity contribution in [1.29, 1.82) is 0 Å². The highest BCUT2D eigenvalue weighted by molar-refractivity contribution is 9.08. The lowest BCUT2D eigenvalue weighted by atomic mass is 10.1. The summed E-state index contributed by atoms with van der Waals surface area (Å²) in [5, 5.41) is 7.82. The number of benzene rings is 1. The molecule has 0 spiro atoms. The number of hydrazone groups is 1. The maximum Gasteiger partial charge on any atom is 0.203 e. The molecule has 1 aromatic heterocycles. The molecule has 2 aromatic rings. The second-order valence-electron chi connectivity index (χ2n) is 3.50. The van der Waals surface area contributed by atoms with Crippen molar-refractivity contribution in [3.63, 3.8) is 0 Å². The SMILES string of the molecule is Cc1csc(NN=Cc2ccccc2CBr)n1. The van der Waals surface area contributed by atoms with E-state index >= 15 is 0 Å². The Kier molecular flexibility index (Phi) is 4.28. The van der Waals surface area contributed by atoms with Crippen LogP contribution in [0.25, 0.3) is 0 Å². The fourth-order valence-corrected chi connectivity index (χ4v) is 2.49. The Morgan fingerprint density at radius 3 is 3.00 bits per heavy atom. The molecule has 0 bridgehead atoms. The molecule has 1 N–H and O–H groups in total. The largest absolute Gasteiger partial charge is 0.253 e. The monoisotopic (exact) mass is 309 g/mol. The van der Waals surface area contributed by atoms with Crippen LogP contribution in [0.1, 0.15) is 16.8 Å². The summed E-state index contributed by atoms with van der Waals surface area (Å²) >= 11 is 5.01. The highest BCUT2D eigenvalue weighted by Crippen LogP contribution is 2.14. The van der Waals surface area contributed by atoms with Crippen LogP contribution in [-0.2, 0) is 5.33 Å². The minimum Gasteiger partial charge on any atom is -0.253 e. The Morgan fingerprint density at radius 1 is 1.47 bits per heavy atom. The highest BCUT2D eigenvalue weighted by atomic mass is 79.9. The van der Waals surface area contributed by atoms with Crippen LogP contribution >= 0.6 is 27.3 Å². The topological polar surface area (TPSA) is 37.3 Å². The van der Waals surface area contributed by atoms with E-state index < -0.39 is 0 Å². The van der Waals surface area contributed by atoms with E-state index in [1.54, 1.807) is 11.3 Å². The van der Waals surface area contributed by atoms with Gasteiger partial charge in [0.15, 0.2) is 0 Å². The predicted molar refractivity (Wildman–Crippen MR) is 77.1 cm³/mol. The van der Waals surface area contributed by atoms with Gasteiger partial charge in [0.25, 0.3) is 0 Å². The molecule has 0 aliphatic heterocycles. The van der Waals surface area contributed by atoms with Gasteiger partial charge in [-0.1, -0.05) is 40.2 Å². The van der Waals surface area contributed by atoms with Crippen molar-refractivity contribution < 1.29 is 0 Å². The summed E-state index contributed by atoms with van der Waals surface area (Å²) in [5.74, 6) is 0. The zero-order valence-corrected chi connectivity index (χ0v) is 11.8. The first-order valence-electron chi connectivity index (χ1n) is 5.14. The van der Waals surface area contributed by atoms with Gasteiger partial charge in [-0.3, -0.25) is 5.43 Å². The average Bonchev–Trinajstić information content (AvgIpc) is 2.76. The molecule has 0 saturated carbocycles. The molecule has 0 atom stereocenters. The van der Waals surface area contributed by atoms with Crippen molar-refractivity contribution in [2.24, 2.45) is 5.10 Å².